The van der Waals surface area contributed by atoms with Crippen molar-refractivity contribution in [1.29, 1.82) is 0 Å². The lowest BCUT2D eigenvalue weighted by atomic mass is 10.0. The summed E-state index contributed by atoms with van der Waals surface area (Å²) in [6.07, 6.45) is 1.77. The van der Waals surface area contributed by atoms with Crippen molar-refractivity contribution >= 4 is 106 Å². The van der Waals surface area contributed by atoms with Crippen molar-refractivity contribution in [3.8, 4) is 22.5 Å². The van der Waals surface area contributed by atoms with E-state index in [1.165, 1.54) is 26.7 Å². The van der Waals surface area contributed by atoms with Crippen molar-refractivity contribution in [2.45, 2.75) is 13.5 Å². The third-order valence-electron chi connectivity index (χ3n) is 10.7. The average molecular weight is 813 g/mol. The number of hydrogen-bond acceptors (Lipinski definition) is 6. The number of carboxylic acids is 1. The Hall–Kier alpha value is -6.53. The lowest BCUT2D eigenvalue weighted by molar-refractivity contribution is -0.137. The van der Waals surface area contributed by atoms with Crippen LogP contribution in [0.4, 0.5) is 0 Å². The molecule has 1 aliphatic heterocycles. The van der Waals surface area contributed by atoms with Crippen molar-refractivity contribution < 1.29 is 14.7 Å². The summed E-state index contributed by atoms with van der Waals surface area (Å²) in [4.78, 5) is 40.4. The number of amides is 1. The second kappa shape index (κ2) is 14.1. The number of carboxylic acid groups (broad SMARTS) is 1. The fourth-order valence-electron chi connectivity index (χ4n) is 8.08. The zero-order valence-electron chi connectivity index (χ0n) is 31.0. The number of carbonyl (C=O) groups is 2. The van der Waals surface area contributed by atoms with Crippen LogP contribution in [0.15, 0.2) is 144 Å². The van der Waals surface area contributed by atoms with Crippen molar-refractivity contribution in [2.24, 2.45) is 0 Å². The molecule has 0 spiro atoms. The number of aliphatic carboxylic acids is 1. The van der Waals surface area contributed by atoms with Crippen LogP contribution in [-0.4, -0.2) is 46.4 Å². The van der Waals surface area contributed by atoms with Gasteiger partial charge in [0.15, 0.2) is 0 Å². The Morgan fingerprint density at radius 2 is 1.17 bits per heavy atom. The zero-order valence-corrected chi connectivity index (χ0v) is 33.4. The van der Waals surface area contributed by atoms with Crippen LogP contribution in [0.25, 0.3) is 77.1 Å². The summed E-state index contributed by atoms with van der Waals surface area (Å²) in [5.41, 5.74) is 9.09. The summed E-state index contributed by atoms with van der Waals surface area (Å²) < 4.78 is 6.75. The molecule has 1 N–H and O–H groups in total. The molecule has 9 aromatic rings. The fourth-order valence-corrected chi connectivity index (χ4v) is 10.7. The Morgan fingerprint density at radius 1 is 0.672 bits per heavy atom. The van der Waals surface area contributed by atoms with E-state index >= 15 is 0 Å². The Kier molecular flexibility index (Phi) is 8.74. The van der Waals surface area contributed by atoms with Crippen LogP contribution in [0.1, 0.15) is 12.5 Å². The first kappa shape index (κ1) is 35.9. The van der Waals surface area contributed by atoms with Gasteiger partial charge in [0.1, 0.15) is 20.4 Å². The smallest absolute Gasteiger partial charge is 0.323 e. The van der Waals surface area contributed by atoms with E-state index in [-0.39, 0.29) is 10.8 Å². The van der Waals surface area contributed by atoms with E-state index in [4.69, 9.17) is 12.2 Å². The largest absolute Gasteiger partial charge is 0.480 e. The van der Waals surface area contributed by atoms with Crippen LogP contribution in [0, 0.1) is 0 Å². The number of nitrogens with zero attached hydrogens (tertiary/aromatic N) is 4. The van der Waals surface area contributed by atoms with E-state index in [1.807, 2.05) is 25.1 Å². The van der Waals surface area contributed by atoms with Gasteiger partial charge >= 0.3 is 5.97 Å². The second-order valence-electron chi connectivity index (χ2n) is 14.0. The first-order chi connectivity index (χ1) is 28.3. The standard InChI is InChI=1S/C47H32N4O4S3/c1-2-48-45(55)43(58-47(48)56)46-49(27-42(52)53)44(54)41(57-46)26-28-15-24-40-36(25-28)35-11-5-8-14-39(35)51(40)32-22-18-30(19-23-32)29-16-20-31(21-17-29)50-37-12-6-3-9-33(37)34-10-4-7-13-38(34)50/h3-26H,2,27H2,1H3,(H,52,53)/b41-26+,46-43+. The molecular formula is C47H32N4O4S3. The molecule has 6 aromatic carbocycles. The molecule has 0 saturated carbocycles. The molecule has 0 bridgehead atoms. The number of hydrogen-bond donors (Lipinski definition) is 1. The van der Waals surface area contributed by atoms with Crippen LogP contribution >= 0.6 is 35.3 Å². The Morgan fingerprint density at radius 3 is 1.67 bits per heavy atom. The highest BCUT2D eigenvalue weighted by molar-refractivity contribution is 8.30. The molecule has 0 atom stereocenters. The maximum absolute atomic E-state index is 13.7. The quantitative estimate of drug-likeness (QED) is 0.162. The van der Waals surface area contributed by atoms with E-state index in [2.05, 4.69) is 130 Å². The van der Waals surface area contributed by atoms with Gasteiger partial charge in [0.25, 0.3) is 11.5 Å². The predicted molar refractivity (Wildman–Crippen MR) is 241 cm³/mol. The van der Waals surface area contributed by atoms with E-state index < -0.39 is 18.1 Å². The number of thioether (sulfide) groups is 1. The Balaban J connectivity index is 1.02. The molecule has 11 heteroatoms. The van der Waals surface area contributed by atoms with Gasteiger partial charge in [0, 0.05) is 39.5 Å². The summed E-state index contributed by atoms with van der Waals surface area (Å²) >= 11 is 7.60. The van der Waals surface area contributed by atoms with E-state index in [1.54, 1.807) is 6.08 Å². The molecule has 0 aliphatic carbocycles. The third-order valence-corrected chi connectivity index (χ3v) is 13.4. The topological polar surface area (TPSA) is 89.5 Å². The van der Waals surface area contributed by atoms with Crippen molar-refractivity contribution in [3.63, 3.8) is 0 Å². The molecule has 1 saturated heterocycles. The van der Waals surface area contributed by atoms with Gasteiger partial charge in [0.05, 0.1) is 26.6 Å². The maximum atomic E-state index is 13.7. The molecule has 1 aliphatic rings. The molecule has 10 rings (SSSR count). The number of aromatic nitrogens is 3. The molecule has 8 nitrogen and oxygen atoms in total. The lowest BCUT2D eigenvalue weighted by Gasteiger charge is -2.11. The summed E-state index contributed by atoms with van der Waals surface area (Å²) in [7, 11) is 0. The van der Waals surface area contributed by atoms with Gasteiger partial charge in [0.2, 0.25) is 0 Å². The Bertz CT molecular complexity index is 3320. The number of carbonyl (C=O) groups excluding carboxylic acids is 1. The van der Waals surface area contributed by atoms with Crippen LogP contribution in [0.5, 0.6) is 0 Å². The van der Waals surface area contributed by atoms with Gasteiger partial charge in [-0.1, -0.05) is 109 Å². The summed E-state index contributed by atoms with van der Waals surface area (Å²) in [6, 6.07) is 48.7. The minimum absolute atomic E-state index is 0.274. The number of para-hydroxylation sites is 3. The summed E-state index contributed by atoms with van der Waals surface area (Å²) in [6.45, 7) is 1.65. The second-order valence-corrected chi connectivity index (χ2v) is 16.7. The highest BCUT2D eigenvalue weighted by atomic mass is 32.2. The van der Waals surface area contributed by atoms with Crippen molar-refractivity contribution in [3.05, 3.63) is 165 Å². The molecule has 58 heavy (non-hydrogen) atoms. The molecule has 4 heterocycles. The van der Waals surface area contributed by atoms with E-state index in [0.717, 1.165) is 77.5 Å². The normalized spacial score (nSPS) is 14.6. The van der Waals surface area contributed by atoms with E-state index in [0.29, 0.717) is 20.1 Å². The van der Waals surface area contributed by atoms with Gasteiger partial charge in [-0.15, -0.1) is 11.3 Å². The minimum Gasteiger partial charge on any atom is -0.480 e. The molecule has 3 aromatic heterocycles. The van der Waals surface area contributed by atoms with Crippen molar-refractivity contribution in [2.75, 3.05) is 6.54 Å². The third kappa shape index (κ3) is 5.81. The van der Waals surface area contributed by atoms with Gasteiger partial charge in [-0.3, -0.25) is 23.9 Å². The molecule has 282 valence electrons. The van der Waals surface area contributed by atoms with Gasteiger partial charge in [-0.2, -0.15) is 0 Å². The minimum atomic E-state index is -1.17. The number of benzene rings is 6. The molecular weight excluding hydrogens is 781 g/mol. The highest BCUT2D eigenvalue weighted by Crippen LogP contribution is 2.36. The first-order valence-electron chi connectivity index (χ1n) is 18.7. The van der Waals surface area contributed by atoms with Crippen LogP contribution < -0.4 is 14.8 Å². The van der Waals surface area contributed by atoms with E-state index in [9.17, 15) is 19.5 Å². The highest BCUT2D eigenvalue weighted by Gasteiger charge is 2.33. The number of thiazole rings is 1. The average Bonchev–Trinajstić information content (AvgIpc) is 3.94. The van der Waals surface area contributed by atoms with Crippen LogP contribution in [0.3, 0.4) is 0 Å². The zero-order chi connectivity index (χ0) is 39.7. The summed E-state index contributed by atoms with van der Waals surface area (Å²) in [5.74, 6) is -1.49. The SMILES string of the molecule is CCN1C(=O)/C(=c2\s/c(=C/c3ccc4c(c3)c3ccccc3n4-c3ccc(-c4ccc(-n5c6ccccc6c6ccccc65)cc4)cc3)c(=O)n2CC(=O)O)SC1=S. The number of rotatable bonds is 7. The monoisotopic (exact) mass is 812 g/mol. The fraction of sp³-hybridized carbons (Fsp3) is 0.0638. The first-order valence-corrected chi connectivity index (χ1v) is 20.8. The van der Waals surface area contributed by atoms with Crippen molar-refractivity contribution in [1.82, 2.24) is 18.6 Å². The van der Waals surface area contributed by atoms with Crippen LogP contribution in [-0.2, 0) is 16.1 Å². The number of thiocarbonyl (C=S) groups is 1. The molecule has 1 amide bonds. The lowest BCUT2D eigenvalue weighted by Crippen LogP contribution is -2.35. The van der Waals surface area contributed by atoms with Gasteiger partial charge < -0.3 is 14.2 Å². The maximum Gasteiger partial charge on any atom is 0.323 e. The number of fused-ring (bicyclic) bond motifs is 6. The molecule has 1 fully saturated rings. The van der Waals surface area contributed by atoms with Crippen LogP contribution in [0.2, 0.25) is 0 Å². The van der Waals surface area contributed by atoms with Gasteiger partial charge in [-0.25, -0.2) is 0 Å². The molecule has 0 radical (unpaired) electrons. The Labute approximate surface area is 344 Å². The summed E-state index contributed by atoms with van der Waals surface area (Å²) in [5, 5.41) is 14.2. The predicted octanol–water partition coefficient (Wildman–Crippen LogP) is 8.67. The molecule has 0 unspecified atom stereocenters. The van der Waals surface area contributed by atoms with Gasteiger partial charge in [-0.05, 0) is 84.3 Å².